The van der Waals surface area contributed by atoms with E-state index in [1.54, 1.807) is 0 Å². The number of amides is 2. The Labute approximate surface area is 302 Å². The van der Waals surface area contributed by atoms with Gasteiger partial charge in [0.2, 0.25) is 0 Å². The summed E-state index contributed by atoms with van der Waals surface area (Å²) in [4.78, 5) is 43.8. The van der Waals surface area contributed by atoms with E-state index in [9.17, 15) is 9.59 Å². The fourth-order valence-corrected chi connectivity index (χ4v) is 7.02. The molecule has 6 nitrogen and oxygen atoms in total. The van der Waals surface area contributed by atoms with Gasteiger partial charge in [0.05, 0.1) is 22.2 Å². The number of unbranched alkanes of at least 4 members (excludes halogenated alkanes) is 12. The summed E-state index contributed by atoms with van der Waals surface area (Å²) in [6.07, 6.45) is 21.3. The van der Waals surface area contributed by atoms with Crippen LogP contribution in [0.25, 0.3) is 32.9 Å². The molecule has 0 saturated heterocycles. The van der Waals surface area contributed by atoms with E-state index in [-0.39, 0.29) is 11.8 Å². The number of nitrogens with zero attached hydrogens (tertiary/aromatic N) is 4. The molecular weight excluding hydrogens is 617 g/mol. The largest absolute Gasteiger partial charge is 0.339 e. The fourth-order valence-electron chi connectivity index (χ4n) is 7.02. The normalized spacial score (nSPS) is 11.4. The standard InChI is InChI=1S/C44H62N4O2/c1-5-9-13-21-29-47(30-22-14-10-6-2)43(49)41-35-25-17-19-27-39(35)45-33-37(41)38-34-46-40-28-20-18-26-36(40)42(38)44(50)48(31-23-15-11-7-3)32-24-16-12-8-4/h17-20,25-28,33-34H,5-16,21-24,29-32H2,1-4H3. The maximum absolute atomic E-state index is 14.9. The van der Waals surface area contributed by atoms with Crippen molar-refractivity contribution in [2.75, 3.05) is 26.2 Å². The molecule has 2 aromatic carbocycles. The number of aromatic nitrogens is 2. The molecular formula is C44H62N4O2. The SMILES string of the molecule is CCCCCCN(CCCCCC)C(=O)c1c(-c2cnc3ccccc3c2C(=O)N(CCCCCC)CCCCCC)cnc2ccccc12. The lowest BCUT2D eigenvalue weighted by Crippen LogP contribution is -2.34. The number of para-hydroxylation sites is 2. The summed E-state index contributed by atoms with van der Waals surface area (Å²) in [5.41, 5.74) is 4.22. The zero-order valence-corrected chi connectivity index (χ0v) is 31.5. The molecule has 4 aromatic rings. The van der Waals surface area contributed by atoms with Crippen molar-refractivity contribution in [2.45, 2.75) is 130 Å². The third-order valence-corrected chi connectivity index (χ3v) is 9.97. The van der Waals surface area contributed by atoms with Gasteiger partial charge in [-0.25, -0.2) is 0 Å². The molecule has 0 aliphatic rings. The smallest absolute Gasteiger partial charge is 0.255 e. The molecule has 0 atom stereocenters. The van der Waals surface area contributed by atoms with Gasteiger partial charge in [0.25, 0.3) is 11.8 Å². The second kappa shape index (κ2) is 21.4. The highest BCUT2D eigenvalue weighted by atomic mass is 16.2. The highest BCUT2D eigenvalue weighted by molar-refractivity contribution is 6.16. The van der Waals surface area contributed by atoms with Crippen LogP contribution >= 0.6 is 0 Å². The number of fused-ring (bicyclic) bond motifs is 2. The topological polar surface area (TPSA) is 66.4 Å². The first-order valence-corrected chi connectivity index (χ1v) is 19.9. The Hall–Kier alpha value is -3.80. The van der Waals surface area contributed by atoms with E-state index in [4.69, 9.17) is 9.97 Å². The van der Waals surface area contributed by atoms with Gasteiger partial charge in [-0.3, -0.25) is 19.6 Å². The van der Waals surface area contributed by atoms with Gasteiger partial charge in [-0.05, 0) is 37.8 Å². The zero-order chi connectivity index (χ0) is 35.6. The monoisotopic (exact) mass is 678 g/mol. The van der Waals surface area contributed by atoms with E-state index in [2.05, 4.69) is 37.5 Å². The molecule has 0 unspecified atom stereocenters. The Morgan fingerprint density at radius 3 is 1.10 bits per heavy atom. The average molecular weight is 679 g/mol. The quantitative estimate of drug-likeness (QED) is 0.0732. The molecule has 270 valence electrons. The highest BCUT2D eigenvalue weighted by Crippen LogP contribution is 2.36. The molecule has 2 heterocycles. The van der Waals surface area contributed by atoms with E-state index >= 15 is 0 Å². The highest BCUT2D eigenvalue weighted by Gasteiger charge is 2.28. The summed E-state index contributed by atoms with van der Waals surface area (Å²) in [5, 5.41) is 1.65. The van der Waals surface area contributed by atoms with Gasteiger partial charge in [0, 0.05) is 60.5 Å². The number of pyridine rings is 2. The summed E-state index contributed by atoms with van der Waals surface area (Å²) < 4.78 is 0. The molecule has 0 bridgehead atoms. The van der Waals surface area contributed by atoms with Gasteiger partial charge < -0.3 is 9.80 Å². The molecule has 4 rings (SSSR count). The molecule has 0 fully saturated rings. The third-order valence-electron chi connectivity index (χ3n) is 9.97. The van der Waals surface area contributed by atoms with Crippen molar-refractivity contribution in [1.29, 1.82) is 0 Å². The van der Waals surface area contributed by atoms with Crippen LogP contribution in [0.2, 0.25) is 0 Å². The van der Waals surface area contributed by atoms with E-state index < -0.39 is 0 Å². The molecule has 6 heteroatoms. The van der Waals surface area contributed by atoms with Crippen LogP contribution in [0.1, 0.15) is 151 Å². The number of benzene rings is 2. The van der Waals surface area contributed by atoms with E-state index in [1.165, 1.54) is 25.7 Å². The summed E-state index contributed by atoms with van der Waals surface area (Å²) >= 11 is 0. The van der Waals surface area contributed by atoms with Gasteiger partial charge in [0.1, 0.15) is 0 Å². The molecule has 0 aliphatic carbocycles. The van der Waals surface area contributed by atoms with Crippen molar-refractivity contribution >= 4 is 33.6 Å². The van der Waals surface area contributed by atoms with Crippen LogP contribution in [-0.2, 0) is 0 Å². The Morgan fingerprint density at radius 2 is 0.780 bits per heavy atom. The van der Waals surface area contributed by atoms with Crippen LogP contribution in [0.5, 0.6) is 0 Å². The van der Waals surface area contributed by atoms with Crippen LogP contribution in [0.15, 0.2) is 60.9 Å². The van der Waals surface area contributed by atoms with Crippen molar-refractivity contribution in [3.8, 4) is 11.1 Å². The number of hydrogen-bond donors (Lipinski definition) is 0. The van der Waals surface area contributed by atoms with E-state index in [0.717, 1.165) is 125 Å². The van der Waals surface area contributed by atoms with Gasteiger partial charge >= 0.3 is 0 Å². The van der Waals surface area contributed by atoms with Gasteiger partial charge in [-0.2, -0.15) is 0 Å². The second-order valence-electron chi connectivity index (χ2n) is 14.0. The number of hydrogen-bond acceptors (Lipinski definition) is 4. The predicted octanol–water partition coefficient (Wildman–Crippen LogP) is 11.7. The Kier molecular flexibility index (Phi) is 16.7. The zero-order valence-electron chi connectivity index (χ0n) is 31.5. The lowest BCUT2D eigenvalue weighted by Gasteiger charge is -2.27. The minimum Gasteiger partial charge on any atom is -0.339 e. The van der Waals surface area contributed by atoms with E-state index in [1.807, 2.05) is 60.9 Å². The molecule has 0 spiro atoms. The van der Waals surface area contributed by atoms with E-state index in [0.29, 0.717) is 22.3 Å². The number of carbonyl (C=O) groups is 2. The maximum atomic E-state index is 14.9. The van der Waals surface area contributed by atoms with Crippen molar-refractivity contribution < 1.29 is 9.59 Å². The van der Waals surface area contributed by atoms with Gasteiger partial charge in [-0.1, -0.05) is 141 Å². The van der Waals surface area contributed by atoms with Crippen molar-refractivity contribution in [2.24, 2.45) is 0 Å². The lowest BCUT2D eigenvalue weighted by atomic mass is 9.92. The van der Waals surface area contributed by atoms with Crippen molar-refractivity contribution in [3.63, 3.8) is 0 Å². The summed E-state index contributed by atoms with van der Waals surface area (Å²) in [7, 11) is 0. The molecule has 2 amide bonds. The van der Waals surface area contributed by atoms with Crippen LogP contribution in [0.4, 0.5) is 0 Å². The van der Waals surface area contributed by atoms with Crippen LogP contribution < -0.4 is 0 Å². The number of rotatable bonds is 23. The van der Waals surface area contributed by atoms with Crippen molar-refractivity contribution in [3.05, 3.63) is 72.1 Å². The first kappa shape index (κ1) is 39.0. The summed E-state index contributed by atoms with van der Waals surface area (Å²) in [5.74, 6) is 0.0447. The molecule has 0 aliphatic heterocycles. The Morgan fingerprint density at radius 1 is 0.460 bits per heavy atom. The second-order valence-corrected chi connectivity index (χ2v) is 14.0. The first-order valence-electron chi connectivity index (χ1n) is 19.9. The van der Waals surface area contributed by atoms with Crippen LogP contribution in [0, 0.1) is 0 Å². The van der Waals surface area contributed by atoms with Crippen molar-refractivity contribution in [1.82, 2.24) is 19.8 Å². The fraction of sp³-hybridized carbons (Fsp3) is 0.545. The van der Waals surface area contributed by atoms with Gasteiger partial charge in [-0.15, -0.1) is 0 Å². The lowest BCUT2D eigenvalue weighted by molar-refractivity contribution is 0.0742. The maximum Gasteiger partial charge on any atom is 0.255 e. The minimum absolute atomic E-state index is 0.0224. The minimum atomic E-state index is 0.0224. The summed E-state index contributed by atoms with van der Waals surface area (Å²) in [6.45, 7) is 11.8. The molecule has 2 aromatic heterocycles. The molecule has 0 saturated carbocycles. The predicted molar refractivity (Wildman–Crippen MR) is 211 cm³/mol. The van der Waals surface area contributed by atoms with Crippen LogP contribution in [0.3, 0.4) is 0 Å². The Balaban J connectivity index is 1.86. The third kappa shape index (κ3) is 10.6. The van der Waals surface area contributed by atoms with Crippen LogP contribution in [-0.4, -0.2) is 57.8 Å². The molecule has 0 radical (unpaired) electrons. The average Bonchev–Trinajstić information content (AvgIpc) is 3.15. The Bertz CT molecular complexity index is 1490. The van der Waals surface area contributed by atoms with Gasteiger partial charge in [0.15, 0.2) is 0 Å². The molecule has 0 N–H and O–H groups in total. The first-order chi connectivity index (χ1) is 24.5. The number of carbonyl (C=O) groups excluding carboxylic acids is 2. The summed E-state index contributed by atoms with van der Waals surface area (Å²) in [6, 6.07) is 15.9. The molecule has 50 heavy (non-hydrogen) atoms.